The van der Waals surface area contributed by atoms with Crippen LogP contribution in [-0.2, 0) is 19.1 Å². The Balaban J connectivity index is 1.52. The van der Waals surface area contributed by atoms with Gasteiger partial charge in [0, 0.05) is 12.3 Å². The quantitative estimate of drug-likeness (QED) is 0.448. The molecule has 0 spiro atoms. The Bertz CT molecular complexity index is 972. The number of hydrogen-bond donors (Lipinski definition) is 2. The first-order valence-corrected chi connectivity index (χ1v) is 14.3. The van der Waals surface area contributed by atoms with Crippen LogP contribution < -0.4 is 0 Å². The van der Waals surface area contributed by atoms with Gasteiger partial charge < -0.3 is 14.9 Å². The summed E-state index contributed by atoms with van der Waals surface area (Å²) < 4.78 is 5.83. The fourth-order valence-corrected chi connectivity index (χ4v) is 11.6. The van der Waals surface area contributed by atoms with Crippen molar-refractivity contribution < 1.29 is 29.3 Å². The van der Waals surface area contributed by atoms with E-state index in [1.807, 2.05) is 0 Å². The number of ether oxygens (including phenoxy) is 1. The van der Waals surface area contributed by atoms with Crippen molar-refractivity contribution in [2.24, 2.45) is 56.7 Å². The third-order valence-electron chi connectivity index (χ3n) is 13.4. The monoisotopic (exact) mass is 502 g/mol. The van der Waals surface area contributed by atoms with Gasteiger partial charge in [-0.05, 0) is 104 Å². The molecule has 6 nitrogen and oxygen atoms in total. The highest BCUT2D eigenvalue weighted by Gasteiger charge is 2.72. The zero-order valence-electron chi connectivity index (χ0n) is 23.1. The molecule has 0 amide bonds. The minimum Gasteiger partial charge on any atom is -0.481 e. The number of carbonyl (C=O) groups is 3. The maximum Gasteiger partial charge on any atom is 0.309 e. The van der Waals surface area contributed by atoms with E-state index < -0.39 is 23.3 Å². The van der Waals surface area contributed by atoms with Gasteiger partial charge in [0.1, 0.15) is 6.10 Å². The van der Waals surface area contributed by atoms with Crippen molar-refractivity contribution >= 4 is 17.9 Å². The Hall–Kier alpha value is -1.59. The van der Waals surface area contributed by atoms with E-state index in [0.29, 0.717) is 31.1 Å². The van der Waals surface area contributed by atoms with E-state index in [1.165, 1.54) is 6.92 Å². The van der Waals surface area contributed by atoms with Crippen molar-refractivity contribution in [3.63, 3.8) is 0 Å². The van der Waals surface area contributed by atoms with Gasteiger partial charge in [0.05, 0.1) is 11.3 Å². The zero-order chi connectivity index (χ0) is 26.5. The number of aliphatic carboxylic acids is 2. The van der Waals surface area contributed by atoms with Gasteiger partial charge in [-0.2, -0.15) is 0 Å². The molecule has 10 atom stereocenters. The Morgan fingerprint density at radius 2 is 1.44 bits per heavy atom. The number of carbonyl (C=O) groups excluding carboxylic acids is 1. The lowest BCUT2D eigenvalue weighted by Gasteiger charge is -2.72. The minimum atomic E-state index is -0.873. The highest BCUT2D eigenvalue weighted by Crippen LogP contribution is 2.77. The van der Waals surface area contributed by atoms with Gasteiger partial charge in [0.25, 0.3) is 0 Å². The molecular weight excluding hydrogens is 456 g/mol. The SMILES string of the molecule is CC(=O)O[C@H]1CC[C@@]2(C)C(CC[C@]3(C)C2CCC2C4C(C(=O)O)CC[C@]4(C(=O)O)CC[C@]23C)C1(C)C. The van der Waals surface area contributed by atoms with Crippen LogP contribution >= 0.6 is 0 Å². The first kappa shape index (κ1) is 26.0. The zero-order valence-corrected chi connectivity index (χ0v) is 23.1. The van der Waals surface area contributed by atoms with Crippen LogP contribution in [0.5, 0.6) is 0 Å². The van der Waals surface area contributed by atoms with Gasteiger partial charge in [-0.3, -0.25) is 14.4 Å². The molecule has 36 heavy (non-hydrogen) atoms. The summed E-state index contributed by atoms with van der Waals surface area (Å²) in [6.07, 6.45) is 8.47. The second kappa shape index (κ2) is 7.96. The summed E-state index contributed by atoms with van der Waals surface area (Å²) in [5, 5.41) is 20.5. The Kier molecular flexibility index (Phi) is 5.75. The Morgan fingerprint density at radius 1 is 0.750 bits per heavy atom. The summed E-state index contributed by atoms with van der Waals surface area (Å²) in [5.41, 5.74) is -0.862. The van der Waals surface area contributed by atoms with Crippen LogP contribution in [0.4, 0.5) is 0 Å². The maximum atomic E-state index is 12.7. The predicted molar refractivity (Wildman–Crippen MR) is 135 cm³/mol. The summed E-state index contributed by atoms with van der Waals surface area (Å²) in [4.78, 5) is 36.9. The highest BCUT2D eigenvalue weighted by atomic mass is 16.5. The molecule has 5 rings (SSSR count). The average molecular weight is 503 g/mol. The van der Waals surface area contributed by atoms with Gasteiger partial charge >= 0.3 is 17.9 Å². The van der Waals surface area contributed by atoms with E-state index in [2.05, 4.69) is 34.6 Å². The summed E-state index contributed by atoms with van der Waals surface area (Å²) in [6, 6.07) is 0. The molecule has 0 bridgehead atoms. The smallest absolute Gasteiger partial charge is 0.309 e. The second-order valence-electron chi connectivity index (χ2n) is 14.6. The molecule has 5 unspecified atom stereocenters. The molecule has 0 aromatic heterocycles. The molecule has 0 aromatic carbocycles. The van der Waals surface area contributed by atoms with Gasteiger partial charge in [0.2, 0.25) is 0 Å². The van der Waals surface area contributed by atoms with E-state index in [1.54, 1.807) is 0 Å². The summed E-state index contributed by atoms with van der Waals surface area (Å²) in [5.74, 6) is -1.49. The average Bonchev–Trinajstić information content (AvgIpc) is 3.17. The van der Waals surface area contributed by atoms with Crippen LogP contribution in [0.1, 0.15) is 106 Å². The molecular formula is C30H46O6. The molecule has 0 saturated heterocycles. The van der Waals surface area contributed by atoms with Gasteiger partial charge in [-0.1, -0.05) is 34.6 Å². The normalized spacial score (nSPS) is 51.2. The molecule has 6 heteroatoms. The minimum absolute atomic E-state index is 0.0435. The number of carboxylic acids is 2. The lowest BCUT2D eigenvalue weighted by molar-refractivity contribution is -0.251. The summed E-state index contributed by atoms with van der Waals surface area (Å²) in [7, 11) is 0. The predicted octanol–water partition coefficient (Wildman–Crippen LogP) is 6.17. The number of carboxylic acid groups (broad SMARTS) is 2. The lowest BCUT2D eigenvalue weighted by atomic mass is 9.32. The van der Waals surface area contributed by atoms with Crippen LogP contribution in [-0.4, -0.2) is 34.2 Å². The van der Waals surface area contributed by atoms with E-state index in [4.69, 9.17) is 4.74 Å². The Labute approximate surface area is 215 Å². The lowest BCUT2D eigenvalue weighted by Crippen LogP contribution is -2.67. The molecule has 0 aromatic rings. The van der Waals surface area contributed by atoms with Gasteiger partial charge in [-0.15, -0.1) is 0 Å². The van der Waals surface area contributed by atoms with Crippen molar-refractivity contribution in [1.82, 2.24) is 0 Å². The third-order valence-corrected chi connectivity index (χ3v) is 13.4. The summed E-state index contributed by atoms with van der Waals surface area (Å²) >= 11 is 0. The molecule has 5 saturated carbocycles. The van der Waals surface area contributed by atoms with Crippen LogP contribution in [0.15, 0.2) is 0 Å². The topological polar surface area (TPSA) is 101 Å². The molecule has 2 N–H and O–H groups in total. The molecule has 0 heterocycles. The first-order valence-electron chi connectivity index (χ1n) is 14.3. The second-order valence-corrected chi connectivity index (χ2v) is 14.6. The van der Waals surface area contributed by atoms with Crippen molar-refractivity contribution in [3.8, 4) is 0 Å². The third kappa shape index (κ3) is 3.11. The van der Waals surface area contributed by atoms with Gasteiger partial charge in [-0.25, -0.2) is 0 Å². The van der Waals surface area contributed by atoms with E-state index in [9.17, 15) is 24.6 Å². The number of rotatable bonds is 3. The number of fused-ring (bicyclic) bond motifs is 7. The summed E-state index contributed by atoms with van der Waals surface area (Å²) in [6.45, 7) is 13.4. The molecule has 0 aliphatic heterocycles. The van der Waals surface area contributed by atoms with Crippen LogP contribution in [0.25, 0.3) is 0 Å². The van der Waals surface area contributed by atoms with Crippen molar-refractivity contribution in [2.45, 2.75) is 112 Å². The van der Waals surface area contributed by atoms with E-state index in [-0.39, 0.29) is 45.6 Å². The van der Waals surface area contributed by atoms with Gasteiger partial charge in [0.15, 0.2) is 0 Å². The Morgan fingerprint density at radius 3 is 2.06 bits per heavy atom. The van der Waals surface area contributed by atoms with Crippen LogP contribution in [0.3, 0.4) is 0 Å². The largest absolute Gasteiger partial charge is 0.481 e. The fourth-order valence-electron chi connectivity index (χ4n) is 11.6. The first-order chi connectivity index (χ1) is 16.6. The maximum absolute atomic E-state index is 12.7. The van der Waals surface area contributed by atoms with Crippen LogP contribution in [0, 0.1) is 56.7 Å². The standard InChI is InChI=1S/C30H46O6/c1-17(31)36-22-11-12-27(4)20(26(22,2)3)10-13-29(6)21(27)8-7-19-23-18(24(32)33)9-14-30(23,25(34)35)16-15-28(19,29)5/h18-23H,7-16H2,1-6H3,(H,32,33)(H,34,35)/t18?,19?,20?,21?,22-,23?,27-,28+,29+,30-/m0/s1. The number of hydrogen-bond acceptors (Lipinski definition) is 4. The number of esters is 1. The van der Waals surface area contributed by atoms with Crippen LogP contribution in [0.2, 0.25) is 0 Å². The molecule has 5 aliphatic rings. The van der Waals surface area contributed by atoms with Crippen molar-refractivity contribution in [2.75, 3.05) is 0 Å². The molecule has 0 radical (unpaired) electrons. The molecule has 202 valence electrons. The molecule has 5 aliphatic carbocycles. The van der Waals surface area contributed by atoms with E-state index >= 15 is 0 Å². The fraction of sp³-hybridized carbons (Fsp3) is 0.900. The molecule has 5 fully saturated rings. The van der Waals surface area contributed by atoms with Crippen molar-refractivity contribution in [3.05, 3.63) is 0 Å². The highest BCUT2D eigenvalue weighted by molar-refractivity contribution is 5.79. The van der Waals surface area contributed by atoms with Crippen molar-refractivity contribution in [1.29, 1.82) is 0 Å². The van der Waals surface area contributed by atoms with E-state index in [0.717, 1.165) is 44.9 Å².